The van der Waals surface area contributed by atoms with Gasteiger partial charge in [-0.25, -0.2) is 4.57 Å². The van der Waals surface area contributed by atoms with Crippen LogP contribution in [0.15, 0.2) is 18.2 Å². The predicted octanol–water partition coefficient (Wildman–Crippen LogP) is 0.157. The van der Waals surface area contributed by atoms with Crippen LogP contribution in [-0.2, 0) is 15.4 Å². The van der Waals surface area contributed by atoms with Crippen molar-refractivity contribution >= 4 is 7.82 Å². The van der Waals surface area contributed by atoms with Crippen molar-refractivity contribution in [2.24, 2.45) is 0 Å². The van der Waals surface area contributed by atoms with Gasteiger partial charge < -0.3 is 14.7 Å². The summed E-state index contributed by atoms with van der Waals surface area (Å²) < 4.78 is 8.88. The maximum atomic E-state index is 8.88. The minimum absolute atomic E-state index is 0. The summed E-state index contributed by atoms with van der Waals surface area (Å²) in [5.41, 5.74) is 3.11. The standard InChI is InChI=1S/C14H21.Na.H3O4P/c1-13(2,3)11-8-7-9-12(10-11)14(4,5)6;;1-5(2,3)4/h7-8,10H,1-6H3;;(H3,1,2,3,4)/q-1;+1;. The zero-order valence-corrected chi connectivity index (χ0v) is 16.3. The van der Waals surface area contributed by atoms with Gasteiger partial charge in [0.25, 0.3) is 0 Å². The summed E-state index contributed by atoms with van der Waals surface area (Å²) in [7, 11) is -4.64. The Morgan fingerprint density at radius 2 is 1.40 bits per heavy atom. The molecule has 0 unspecified atom stereocenters. The van der Waals surface area contributed by atoms with E-state index in [1.807, 2.05) is 6.07 Å². The van der Waals surface area contributed by atoms with Crippen molar-refractivity contribution in [3.8, 4) is 0 Å². The topological polar surface area (TPSA) is 77.8 Å². The molecule has 0 saturated carbocycles. The average molecular weight is 310 g/mol. The molecular formula is C14H24NaO4P. The summed E-state index contributed by atoms with van der Waals surface area (Å²) >= 11 is 0. The molecule has 0 aliphatic carbocycles. The Morgan fingerprint density at radius 3 is 1.70 bits per heavy atom. The van der Waals surface area contributed by atoms with Crippen molar-refractivity contribution in [3.05, 3.63) is 35.4 Å². The van der Waals surface area contributed by atoms with Crippen molar-refractivity contribution in [2.75, 3.05) is 0 Å². The monoisotopic (exact) mass is 310 g/mol. The molecule has 0 atom stereocenters. The third kappa shape index (κ3) is 11.0. The number of benzene rings is 1. The third-order valence-electron chi connectivity index (χ3n) is 2.48. The van der Waals surface area contributed by atoms with Gasteiger partial charge in [0.05, 0.1) is 0 Å². The molecule has 110 valence electrons. The van der Waals surface area contributed by atoms with E-state index in [0.29, 0.717) is 0 Å². The Kier molecular flexibility index (Phi) is 9.15. The molecular weight excluding hydrogens is 286 g/mol. The zero-order valence-electron chi connectivity index (χ0n) is 13.4. The molecule has 0 bridgehead atoms. The summed E-state index contributed by atoms with van der Waals surface area (Å²) in [5.74, 6) is 0. The first-order valence-corrected chi connectivity index (χ1v) is 7.59. The van der Waals surface area contributed by atoms with Gasteiger partial charge in [0.1, 0.15) is 0 Å². The molecule has 0 aliphatic heterocycles. The molecule has 0 radical (unpaired) electrons. The Balaban J connectivity index is 0. The molecule has 0 saturated heterocycles. The minimum atomic E-state index is -4.64. The number of rotatable bonds is 0. The van der Waals surface area contributed by atoms with E-state index >= 15 is 0 Å². The van der Waals surface area contributed by atoms with Crippen molar-refractivity contribution in [1.82, 2.24) is 0 Å². The van der Waals surface area contributed by atoms with Gasteiger partial charge in [0.2, 0.25) is 0 Å². The van der Waals surface area contributed by atoms with Crippen LogP contribution in [0.4, 0.5) is 0 Å². The van der Waals surface area contributed by atoms with Crippen LogP contribution in [-0.4, -0.2) is 14.7 Å². The van der Waals surface area contributed by atoms with Gasteiger partial charge >= 0.3 is 37.4 Å². The number of phosphoric acid groups is 1. The fourth-order valence-electron chi connectivity index (χ4n) is 1.37. The zero-order chi connectivity index (χ0) is 15.5. The van der Waals surface area contributed by atoms with Crippen LogP contribution in [0, 0.1) is 6.07 Å². The molecule has 4 nitrogen and oxygen atoms in total. The number of hydrogen-bond donors (Lipinski definition) is 3. The summed E-state index contributed by atoms with van der Waals surface area (Å²) in [6.45, 7) is 13.4. The molecule has 0 aliphatic rings. The van der Waals surface area contributed by atoms with Crippen LogP contribution in [0.2, 0.25) is 0 Å². The van der Waals surface area contributed by atoms with Gasteiger partial charge in [-0.1, -0.05) is 41.5 Å². The van der Waals surface area contributed by atoms with E-state index in [4.69, 9.17) is 19.2 Å². The molecule has 1 rings (SSSR count). The molecule has 0 amide bonds. The van der Waals surface area contributed by atoms with E-state index < -0.39 is 7.82 Å². The fourth-order valence-corrected chi connectivity index (χ4v) is 1.37. The van der Waals surface area contributed by atoms with Crippen molar-refractivity contribution < 1.29 is 48.8 Å². The second kappa shape index (κ2) is 8.09. The predicted molar refractivity (Wildman–Crippen MR) is 76.9 cm³/mol. The first kappa shape index (κ1) is 22.6. The molecule has 1 aromatic rings. The smallest absolute Gasteiger partial charge is 0.303 e. The third-order valence-corrected chi connectivity index (χ3v) is 2.48. The first-order chi connectivity index (χ1) is 8.21. The van der Waals surface area contributed by atoms with Crippen molar-refractivity contribution in [3.63, 3.8) is 0 Å². The van der Waals surface area contributed by atoms with Gasteiger partial charge in [-0.15, -0.1) is 0 Å². The van der Waals surface area contributed by atoms with Crippen LogP contribution in [0.1, 0.15) is 52.7 Å². The summed E-state index contributed by atoms with van der Waals surface area (Å²) in [5, 5.41) is 0. The minimum Gasteiger partial charge on any atom is -0.303 e. The van der Waals surface area contributed by atoms with Crippen LogP contribution in [0.5, 0.6) is 0 Å². The summed E-state index contributed by atoms with van der Waals surface area (Å²) in [4.78, 5) is 21.6. The van der Waals surface area contributed by atoms with E-state index in [2.05, 4.69) is 59.7 Å². The Labute approximate surface area is 144 Å². The maximum absolute atomic E-state index is 8.88. The van der Waals surface area contributed by atoms with Crippen LogP contribution < -0.4 is 29.6 Å². The second-order valence-electron chi connectivity index (χ2n) is 6.50. The quantitative estimate of drug-likeness (QED) is 0.362. The Hall–Kier alpha value is 0.330. The Bertz CT molecular complexity index is 417. The van der Waals surface area contributed by atoms with Crippen LogP contribution in [0.3, 0.4) is 0 Å². The van der Waals surface area contributed by atoms with Gasteiger partial charge in [-0.2, -0.15) is 35.4 Å². The van der Waals surface area contributed by atoms with Crippen LogP contribution >= 0.6 is 7.82 Å². The van der Waals surface area contributed by atoms with E-state index in [9.17, 15) is 0 Å². The maximum Gasteiger partial charge on any atom is 1.00 e. The van der Waals surface area contributed by atoms with Crippen molar-refractivity contribution in [2.45, 2.75) is 52.4 Å². The van der Waals surface area contributed by atoms with E-state index in [-0.39, 0.29) is 40.4 Å². The summed E-state index contributed by atoms with van der Waals surface area (Å²) in [6.07, 6.45) is 0. The van der Waals surface area contributed by atoms with Gasteiger partial charge in [-0.05, 0) is 10.8 Å². The molecule has 1 aromatic carbocycles. The van der Waals surface area contributed by atoms with E-state index in [1.54, 1.807) is 0 Å². The normalized spacial score (nSPS) is 12.1. The van der Waals surface area contributed by atoms with Gasteiger partial charge in [0.15, 0.2) is 0 Å². The van der Waals surface area contributed by atoms with Gasteiger partial charge in [-0.3, -0.25) is 0 Å². The molecule has 20 heavy (non-hydrogen) atoms. The van der Waals surface area contributed by atoms with Crippen LogP contribution in [0.25, 0.3) is 0 Å². The second-order valence-corrected chi connectivity index (χ2v) is 7.53. The Morgan fingerprint density at radius 1 is 1.00 bits per heavy atom. The van der Waals surface area contributed by atoms with E-state index in [1.165, 1.54) is 11.1 Å². The molecule has 6 heteroatoms. The fraction of sp³-hybridized carbons (Fsp3) is 0.571. The molecule has 0 spiro atoms. The largest absolute Gasteiger partial charge is 1.00 e. The first-order valence-electron chi connectivity index (χ1n) is 6.02. The number of hydrogen-bond acceptors (Lipinski definition) is 1. The SMILES string of the molecule is CC(C)(C)c1[c-]ccc(C(C)(C)C)c1.O=P(O)(O)O.[Na+]. The molecule has 3 N–H and O–H groups in total. The summed E-state index contributed by atoms with van der Waals surface area (Å²) in [6, 6.07) is 9.80. The average Bonchev–Trinajstić information content (AvgIpc) is 2.12. The van der Waals surface area contributed by atoms with Crippen molar-refractivity contribution in [1.29, 1.82) is 0 Å². The van der Waals surface area contributed by atoms with E-state index in [0.717, 1.165) is 0 Å². The molecule has 0 heterocycles. The van der Waals surface area contributed by atoms with Gasteiger partial charge in [0, 0.05) is 0 Å². The molecule has 0 fully saturated rings. The molecule has 0 aromatic heterocycles.